The first-order chi connectivity index (χ1) is 9.25. The highest BCUT2D eigenvalue weighted by Gasteiger charge is 2.03. The predicted octanol–water partition coefficient (Wildman–Crippen LogP) is 5.99. The Morgan fingerprint density at radius 3 is 2.37 bits per heavy atom. The molecule has 2 rings (SSSR count). The van der Waals surface area contributed by atoms with Crippen LogP contribution in [0.4, 0.5) is 0 Å². The summed E-state index contributed by atoms with van der Waals surface area (Å²) < 4.78 is 0. The van der Waals surface area contributed by atoms with Gasteiger partial charge in [0.2, 0.25) is 0 Å². The van der Waals surface area contributed by atoms with Crippen molar-refractivity contribution in [3.05, 3.63) is 72.3 Å². The van der Waals surface area contributed by atoms with Crippen LogP contribution in [-0.4, -0.2) is 0 Å². The van der Waals surface area contributed by atoms with Gasteiger partial charge in [0.25, 0.3) is 0 Å². The summed E-state index contributed by atoms with van der Waals surface area (Å²) in [6, 6.07) is 19.2. The van der Waals surface area contributed by atoms with Gasteiger partial charge in [-0.2, -0.15) is 0 Å². The molecule has 0 spiro atoms. The molecule has 0 atom stereocenters. The Balaban J connectivity index is 2.01. The number of hydrogen-bond donors (Lipinski definition) is 0. The highest BCUT2D eigenvalue weighted by molar-refractivity contribution is 8.76. The van der Waals surface area contributed by atoms with Gasteiger partial charge in [0.15, 0.2) is 0 Å². The lowest BCUT2D eigenvalue weighted by atomic mass is 10.1. The van der Waals surface area contributed by atoms with E-state index in [1.807, 2.05) is 21.6 Å². The minimum absolute atomic E-state index is 1.06. The summed E-state index contributed by atoms with van der Waals surface area (Å²) in [5, 5.41) is 0. The molecule has 0 nitrogen and oxygen atoms in total. The number of rotatable bonds is 6. The lowest BCUT2D eigenvalue weighted by Gasteiger charge is -2.08. The second-order valence-electron chi connectivity index (χ2n) is 4.54. The topological polar surface area (TPSA) is 0 Å². The summed E-state index contributed by atoms with van der Waals surface area (Å²) >= 11 is 0. The van der Waals surface area contributed by atoms with Gasteiger partial charge < -0.3 is 0 Å². The van der Waals surface area contributed by atoms with Crippen molar-refractivity contribution in [3.63, 3.8) is 0 Å². The lowest BCUT2D eigenvalue weighted by molar-refractivity contribution is 0.924. The number of hydrogen-bond acceptors (Lipinski definition) is 2. The molecule has 0 unspecified atom stereocenters. The summed E-state index contributed by atoms with van der Waals surface area (Å²) in [4.78, 5) is 2.65. The van der Waals surface area contributed by atoms with E-state index < -0.39 is 0 Å². The van der Waals surface area contributed by atoms with Crippen molar-refractivity contribution in [1.29, 1.82) is 0 Å². The summed E-state index contributed by atoms with van der Waals surface area (Å²) in [6.07, 6.45) is 2.14. The number of benzene rings is 2. The lowest BCUT2D eigenvalue weighted by Crippen LogP contribution is -1.88. The number of aryl methyl sites for hydroxylation is 1. The van der Waals surface area contributed by atoms with E-state index in [9.17, 15) is 0 Å². The van der Waals surface area contributed by atoms with Crippen molar-refractivity contribution < 1.29 is 0 Å². The molecule has 0 aliphatic heterocycles. The maximum Gasteiger partial charge on any atom is 0.0218 e. The van der Waals surface area contributed by atoms with E-state index in [1.54, 1.807) is 0 Å². The smallest absolute Gasteiger partial charge is 0.0218 e. The van der Waals surface area contributed by atoms with Crippen LogP contribution in [0.5, 0.6) is 0 Å². The van der Waals surface area contributed by atoms with Gasteiger partial charge >= 0.3 is 0 Å². The third-order valence-electron chi connectivity index (χ3n) is 2.76. The second kappa shape index (κ2) is 7.46. The molecular formula is C17H18S2. The molecule has 0 aromatic heterocycles. The van der Waals surface area contributed by atoms with Crippen molar-refractivity contribution in [2.45, 2.75) is 29.6 Å². The maximum absolute atomic E-state index is 3.98. The molecule has 0 aliphatic carbocycles. The summed E-state index contributed by atoms with van der Waals surface area (Å²) in [6.45, 7) is 6.07. The molecule has 98 valence electrons. The monoisotopic (exact) mass is 286 g/mol. The minimum atomic E-state index is 1.06. The molecule has 2 heteroatoms. The normalized spacial score (nSPS) is 10.4. The summed E-state index contributed by atoms with van der Waals surface area (Å²) in [7, 11) is 3.65. The number of allylic oxidation sites excluding steroid dienone is 1. The fraction of sp³-hybridized carbons (Fsp3) is 0.176. The van der Waals surface area contributed by atoms with E-state index in [1.165, 1.54) is 20.9 Å². The Morgan fingerprint density at radius 1 is 0.947 bits per heavy atom. The summed E-state index contributed by atoms with van der Waals surface area (Å²) in [5.74, 6) is 0. The minimum Gasteiger partial charge on any atom is -0.100 e. The maximum atomic E-state index is 3.98. The van der Waals surface area contributed by atoms with Gasteiger partial charge in [-0.3, -0.25) is 0 Å². The fourth-order valence-electron chi connectivity index (χ4n) is 1.71. The average molecular weight is 286 g/mol. The predicted molar refractivity (Wildman–Crippen MR) is 87.7 cm³/mol. The Morgan fingerprint density at radius 2 is 1.63 bits per heavy atom. The molecule has 0 saturated heterocycles. The molecule has 0 fully saturated rings. The standard InChI is InChI=1S/C17H18S2/c1-14(2)12-13-15-8-6-7-11-17(15)19-18-16-9-4-3-5-10-16/h3-11H,1,12-13H2,2H3. The highest BCUT2D eigenvalue weighted by Crippen LogP contribution is 2.39. The van der Waals surface area contributed by atoms with Gasteiger partial charge in [0.05, 0.1) is 0 Å². The van der Waals surface area contributed by atoms with Crippen molar-refractivity contribution in [2.24, 2.45) is 0 Å². The molecule has 0 aliphatic rings. The third-order valence-corrected chi connectivity index (χ3v) is 5.26. The zero-order valence-electron chi connectivity index (χ0n) is 11.1. The zero-order valence-corrected chi connectivity index (χ0v) is 12.8. The van der Waals surface area contributed by atoms with E-state index in [0.717, 1.165) is 12.8 Å². The molecule has 0 bridgehead atoms. The Hall–Kier alpha value is -1.12. The van der Waals surface area contributed by atoms with Crippen molar-refractivity contribution in [3.8, 4) is 0 Å². The molecular weight excluding hydrogens is 268 g/mol. The van der Waals surface area contributed by atoms with Crippen LogP contribution in [0.3, 0.4) is 0 Å². The van der Waals surface area contributed by atoms with Gasteiger partial charge in [0, 0.05) is 9.79 Å². The van der Waals surface area contributed by atoms with Crippen LogP contribution in [0.2, 0.25) is 0 Å². The zero-order chi connectivity index (χ0) is 13.5. The van der Waals surface area contributed by atoms with Gasteiger partial charge in [-0.05, 0) is 43.5 Å². The first-order valence-electron chi connectivity index (χ1n) is 6.37. The Labute approximate surface area is 123 Å². The molecule has 19 heavy (non-hydrogen) atoms. The van der Waals surface area contributed by atoms with Crippen LogP contribution in [0.1, 0.15) is 18.9 Å². The van der Waals surface area contributed by atoms with Gasteiger partial charge in [0.1, 0.15) is 0 Å². The third kappa shape index (κ3) is 4.81. The Kier molecular flexibility index (Phi) is 5.62. The highest BCUT2D eigenvalue weighted by atomic mass is 33.1. The van der Waals surface area contributed by atoms with Gasteiger partial charge in [-0.25, -0.2) is 0 Å². The van der Waals surface area contributed by atoms with Crippen LogP contribution in [0.25, 0.3) is 0 Å². The first-order valence-corrected chi connectivity index (χ1v) is 8.52. The first kappa shape index (κ1) is 14.3. The van der Waals surface area contributed by atoms with E-state index >= 15 is 0 Å². The van der Waals surface area contributed by atoms with E-state index in [-0.39, 0.29) is 0 Å². The van der Waals surface area contributed by atoms with Crippen molar-refractivity contribution in [1.82, 2.24) is 0 Å². The van der Waals surface area contributed by atoms with Crippen LogP contribution in [0, 0.1) is 0 Å². The fourth-order valence-corrected chi connectivity index (χ4v) is 3.95. The van der Waals surface area contributed by atoms with E-state index in [4.69, 9.17) is 0 Å². The van der Waals surface area contributed by atoms with Crippen LogP contribution >= 0.6 is 21.6 Å². The van der Waals surface area contributed by atoms with E-state index in [2.05, 4.69) is 68.1 Å². The quantitative estimate of drug-likeness (QED) is 0.472. The second-order valence-corrected chi connectivity index (χ2v) is 6.79. The molecule has 0 N–H and O–H groups in total. The van der Waals surface area contributed by atoms with E-state index in [0.29, 0.717) is 0 Å². The molecule has 0 heterocycles. The Bertz CT molecular complexity index is 532. The van der Waals surface area contributed by atoms with Crippen LogP contribution in [-0.2, 0) is 6.42 Å². The summed E-state index contributed by atoms with van der Waals surface area (Å²) in [5.41, 5.74) is 2.66. The van der Waals surface area contributed by atoms with Gasteiger partial charge in [-0.15, -0.1) is 6.58 Å². The molecule has 2 aromatic carbocycles. The largest absolute Gasteiger partial charge is 0.100 e. The molecule has 0 amide bonds. The van der Waals surface area contributed by atoms with Crippen molar-refractivity contribution >= 4 is 21.6 Å². The average Bonchev–Trinajstić information content (AvgIpc) is 2.45. The molecule has 0 radical (unpaired) electrons. The van der Waals surface area contributed by atoms with Crippen molar-refractivity contribution in [2.75, 3.05) is 0 Å². The van der Waals surface area contributed by atoms with Gasteiger partial charge in [-0.1, -0.05) is 63.6 Å². The molecule has 2 aromatic rings. The molecule has 0 saturated carbocycles. The van der Waals surface area contributed by atoms with Crippen LogP contribution in [0.15, 0.2) is 76.5 Å². The SMILES string of the molecule is C=C(C)CCc1ccccc1SSc1ccccc1. The van der Waals surface area contributed by atoms with Crippen LogP contribution < -0.4 is 0 Å².